The number of aromatic nitrogens is 2. The lowest BCUT2D eigenvalue weighted by Crippen LogP contribution is -2.11. The third kappa shape index (κ3) is 2.05. The predicted molar refractivity (Wildman–Crippen MR) is 82.5 cm³/mol. The van der Waals surface area contributed by atoms with Crippen molar-refractivity contribution < 1.29 is 4.79 Å². The zero-order valence-electron chi connectivity index (χ0n) is 11.7. The standard InChI is InChI=1S/C18H16N2O/c21-18-11-14(10-9-13-5-1-2-6-15(13)18)20-12-19-16-7-3-4-8-17(16)20/h1-8,12,14H,9-11H2. The van der Waals surface area contributed by atoms with Gasteiger partial charge in [-0.05, 0) is 30.5 Å². The summed E-state index contributed by atoms with van der Waals surface area (Å²) < 4.78 is 2.17. The fraction of sp³-hybridized carbons (Fsp3) is 0.222. The molecule has 0 aliphatic heterocycles. The Bertz CT molecular complexity index is 819. The molecule has 1 atom stereocenters. The minimum absolute atomic E-state index is 0.192. The number of carbonyl (C=O) groups excluding carboxylic acids is 1. The Hall–Kier alpha value is -2.42. The molecule has 1 unspecified atom stereocenters. The number of rotatable bonds is 1. The third-order valence-electron chi connectivity index (χ3n) is 4.36. The minimum atomic E-state index is 0.192. The highest BCUT2D eigenvalue weighted by Gasteiger charge is 2.24. The number of carbonyl (C=O) groups is 1. The molecule has 0 spiro atoms. The number of hydrogen-bond donors (Lipinski definition) is 0. The van der Waals surface area contributed by atoms with Crippen LogP contribution < -0.4 is 0 Å². The number of ketones is 1. The first kappa shape index (κ1) is 12.3. The lowest BCUT2D eigenvalue weighted by Gasteiger charge is -2.16. The molecule has 1 heterocycles. The van der Waals surface area contributed by atoms with Gasteiger partial charge in [0.2, 0.25) is 0 Å². The summed E-state index contributed by atoms with van der Waals surface area (Å²) >= 11 is 0. The summed E-state index contributed by atoms with van der Waals surface area (Å²) in [5.41, 5.74) is 4.17. The summed E-state index contributed by atoms with van der Waals surface area (Å²) in [6.45, 7) is 0. The molecule has 1 aromatic heterocycles. The van der Waals surface area contributed by atoms with Crippen molar-refractivity contribution in [2.45, 2.75) is 25.3 Å². The summed E-state index contributed by atoms with van der Waals surface area (Å²) in [6.07, 6.45) is 4.35. The highest BCUT2D eigenvalue weighted by Crippen LogP contribution is 2.30. The van der Waals surface area contributed by atoms with Crippen LogP contribution in [-0.4, -0.2) is 15.3 Å². The van der Waals surface area contributed by atoms with Gasteiger partial charge >= 0.3 is 0 Å². The van der Waals surface area contributed by atoms with Crippen molar-refractivity contribution in [3.63, 3.8) is 0 Å². The van der Waals surface area contributed by atoms with Gasteiger partial charge in [0.25, 0.3) is 0 Å². The molecular weight excluding hydrogens is 260 g/mol. The van der Waals surface area contributed by atoms with Crippen molar-refractivity contribution >= 4 is 16.8 Å². The molecule has 4 rings (SSSR count). The molecule has 3 aromatic rings. The maximum atomic E-state index is 12.5. The highest BCUT2D eigenvalue weighted by atomic mass is 16.1. The Kier molecular flexibility index (Phi) is 2.85. The van der Waals surface area contributed by atoms with Crippen LogP contribution >= 0.6 is 0 Å². The molecule has 0 N–H and O–H groups in total. The smallest absolute Gasteiger partial charge is 0.165 e. The summed E-state index contributed by atoms with van der Waals surface area (Å²) in [5, 5.41) is 0. The summed E-state index contributed by atoms with van der Waals surface area (Å²) in [6, 6.07) is 16.3. The first-order chi connectivity index (χ1) is 10.3. The van der Waals surface area contributed by atoms with Crippen molar-refractivity contribution in [2.24, 2.45) is 0 Å². The topological polar surface area (TPSA) is 34.9 Å². The molecule has 1 aliphatic carbocycles. The van der Waals surface area contributed by atoms with Crippen LogP contribution in [-0.2, 0) is 6.42 Å². The quantitative estimate of drug-likeness (QED) is 0.634. The van der Waals surface area contributed by atoms with E-state index in [1.165, 1.54) is 5.56 Å². The molecule has 0 bridgehead atoms. The van der Waals surface area contributed by atoms with E-state index in [4.69, 9.17) is 0 Å². The molecule has 0 saturated carbocycles. The van der Waals surface area contributed by atoms with E-state index in [9.17, 15) is 4.79 Å². The van der Waals surface area contributed by atoms with Gasteiger partial charge in [-0.25, -0.2) is 4.98 Å². The number of aryl methyl sites for hydroxylation is 1. The van der Waals surface area contributed by atoms with Crippen LogP contribution in [0.4, 0.5) is 0 Å². The van der Waals surface area contributed by atoms with Crippen LogP contribution in [0.15, 0.2) is 54.9 Å². The Morgan fingerprint density at radius 1 is 1.05 bits per heavy atom. The lowest BCUT2D eigenvalue weighted by molar-refractivity contribution is 0.0966. The fourth-order valence-electron chi connectivity index (χ4n) is 3.27. The van der Waals surface area contributed by atoms with E-state index in [1.807, 2.05) is 42.7 Å². The predicted octanol–water partition coefficient (Wildman–Crippen LogP) is 3.80. The van der Waals surface area contributed by atoms with E-state index in [0.29, 0.717) is 6.42 Å². The van der Waals surface area contributed by atoms with Gasteiger partial charge in [-0.3, -0.25) is 4.79 Å². The van der Waals surface area contributed by atoms with E-state index in [0.717, 1.165) is 29.4 Å². The monoisotopic (exact) mass is 276 g/mol. The summed E-state index contributed by atoms with van der Waals surface area (Å²) in [7, 11) is 0. The van der Waals surface area contributed by atoms with Crippen LogP contribution in [0, 0.1) is 0 Å². The summed E-state index contributed by atoms with van der Waals surface area (Å²) in [5.74, 6) is 0.242. The van der Waals surface area contributed by atoms with Crippen LogP contribution in [0.3, 0.4) is 0 Å². The average Bonchev–Trinajstić information content (AvgIpc) is 2.88. The van der Waals surface area contributed by atoms with E-state index in [-0.39, 0.29) is 11.8 Å². The van der Waals surface area contributed by atoms with E-state index in [1.54, 1.807) is 0 Å². The molecule has 0 radical (unpaired) electrons. The van der Waals surface area contributed by atoms with E-state index >= 15 is 0 Å². The molecule has 0 saturated heterocycles. The van der Waals surface area contributed by atoms with Gasteiger partial charge in [-0.1, -0.05) is 36.4 Å². The number of fused-ring (bicyclic) bond motifs is 2. The maximum Gasteiger partial charge on any atom is 0.165 e. The molecule has 0 fully saturated rings. The van der Waals surface area contributed by atoms with Crippen LogP contribution in [0.5, 0.6) is 0 Å². The molecule has 0 amide bonds. The highest BCUT2D eigenvalue weighted by molar-refractivity contribution is 5.98. The van der Waals surface area contributed by atoms with Gasteiger partial charge < -0.3 is 4.57 Å². The van der Waals surface area contributed by atoms with Crippen molar-refractivity contribution in [1.29, 1.82) is 0 Å². The number of nitrogens with zero attached hydrogens (tertiary/aromatic N) is 2. The van der Waals surface area contributed by atoms with Crippen molar-refractivity contribution in [2.75, 3.05) is 0 Å². The van der Waals surface area contributed by atoms with Crippen molar-refractivity contribution in [3.8, 4) is 0 Å². The SMILES string of the molecule is O=C1CC(n2cnc3ccccc32)CCc2ccccc21. The molecular formula is C18H16N2O. The first-order valence-electron chi connectivity index (χ1n) is 7.35. The van der Waals surface area contributed by atoms with Gasteiger partial charge in [0.05, 0.1) is 17.4 Å². The molecule has 2 aromatic carbocycles. The maximum absolute atomic E-state index is 12.5. The molecule has 3 heteroatoms. The second-order valence-electron chi connectivity index (χ2n) is 5.62. The van der Waals surface area contributed by atoms with Gasteiger partial charge in [0.1, 0.15) is 0 Å². The second kappa shape index (κ2) is 4.85. The Morgan fingerprint density at radius 2 is 1.86 bits per heavy atom. The number of imidazole rings is 1. The van der Waals surface area contributed by atoms with Crippen molar-refractivity contribution in [3.05, 3.63) is 66.0 Å². The van der Waals surface area contributed by atoms with E-state index in [2.05, 4.69) is 21.7 Å². The average molecular weight is 276 g/mol. The number of benzene rings is 2. The number of hydrogen-bond acceptors (Lipinski definition) is 2. The van der Waals surface area contributed by atoms with Crippen LogP contribution in [0.1, 0.15) is 34.8 Å². The van der Waals surface area contributed by atoms with E-state index < -0.39 is 0 Å². The number of para-hydroxylation sites is 2. The van der Waals surface area contributed by atoms with Gasteiger partial charge in [0, 0.05) is 18.0 Å². The fourth-order valence-corrected chi connectivity index (χ4v) is 3.27. The third-order valence-corrected chi connectivity index (χ3v) is 4.36. The van der Waals surface area contributed by atoms with Crippen LogP contribution in [0.2, 0.25) is 0 Å². The second-order valence-corrected chi connectivity index (χ2v) is 5.62. The lowest BCUT2D eigenvalue weighted by atomic mass is 10.0. The largest absolute Gasteiger partial charge is 0.327 e. The molecule has 104 valence electrons. The Labute approximate surface area is 123 Å². The first-order valence-corrected chi connectivity index (χ1v) is 7.35. The van der Waals surface area contributed by atoms with Gasteiger partial charge in [0.15, 0.2) is 5.78 Å². The Morgan fingerprint density at radius 3 is 2.81 bits per heavy atom. The Balaban J connectivity index is 1.74. The molecule has 3 nitrogen and oxygen atoms in total. The van der Waals surface area contributed by atoms with Crippen molar-refractivity contribution in [1.82, 2.24) is 9.55 Å². The summed E-state index contributed by atoms with van der Waals surface area (Å²) in [4.78, 5) is 17.0. The zero-order valence-corrected chi connectivity index (χ0v) is 11.7. The minimum Gasteiger partial charge on any atom is -0.327 e. The van der Waals surface area contributed by atoms with Gasteiger partial charge in [-0.15, -0.1) is 0 Å². The normalized spacial score (nSPS) is 18.5. The van der Waals surface area contributed by atoms with Crippen LogP contribution in [0.25, 0.3) is 11.0 Å². The van der Waals surface area contributed by atoms with Gasteiger partial charge in [-0.2, -0.15) is 0 Å². The number of Topliss-reactive ketones (excluding diaryl/α,β-unsaturated/α-hetero) is 1. The molecule has 1 aliphatic rings. The zero-order chi connectivity index (χ0) is 14.2. The molecule has 21 heavy (non-hydrogen) atoms.